The van der Waals surface area contributed by atoms with Gasteiger partial charge in [0.25, 0.3) is 0 Å². The predicted octanol–water partition coefficient (Wildman–Crippen LogP) is 6.19. The first-order valence-corrected chi connectivity index (χ1v) is 14.8. The van der Waals surface area contributed by atoms with Crippen molar-refractivity contribution in [2.75, 3.05) is 9.80 Å². The Morgan fingerprint density at radius 3 is 1.83 bits per heavy atom. The molecule has 2 heterocycles. The molecule has 0 radical (unpaired) electrons. The van der Waals surface area contributed by atoms with E-state index in [0.29, 0.717) is 27.8 Å². The molecule has 208 valence electrons. The molecule has 0 spiro atoms. The summed E-state index contributed by atoms with van der Waals surface area (Å²) in [4.78, 5) is 58.9. The van der Waals surface area contributed by atoms with Crippen molar-refractivity contribution in [1.29, 1.82) is 0 Å². The molecule has 7 atom stereocenters. The first-order valence-electron chi connectivity index (χ1n) is 14.1. The number of benzene rings is 3. The van der Waals surface area contributed by atoms with Gasteiger partial charge in [0.15, 0.2) is 0 Å². The summed E-state index contributed by atoms with van der Waals surface area (Å²) in [5.41, 5.74) is 3.87. The van der Waals surface area contributed by atoms with Gasteiger partial charge in [-0.3, -0.25) is 19.2 Å². The number of halogens is 2. The number of imide groups is 2. The molecule has 8 heteroatoms. The monoisotopic (exact) mass is 594 g/mol. The Morgan fingerprint density at radius 2 is 1.19 bits per heavy atom. The largest absolute Gasteiger partial charge is 0.274 e. The minimum absolute atomic E-state index is 0.249. The zero-order valence-corrected chi connectivity index (χ0v) is 23.7. The Balaban J connectivity index is 1.29. The Labute approximate surface area is 252 Å². The van der Waals surface area contributed by atoms with Gasteiger partial charge in [0.05, 0.1) is 35.0 Å². The lowest BCUT2D eigenvalue weighted by atomic mass is 9.49. The van der Waals surface area contributed by atoms with Crippen LogP contribution < -0.4 is 9.80 Å². The number of fused-ring (bicyclic) bond motifs is 1. The van der Waals surface area contributed by atoms with Crippen molar-refractivity contribution in [3.8, 4) is 0 Å². The van der Waals surface area contributed by atoms with Gasteiger partial charge in [0.1, 0.15) is 0 Å². The van der Waals surface area contributed by atoms with Gasteiger partial charge in [-0.1, -0.05) is 83.4 Å². The second-order valence-corrected chi connectivity index (χ2v) is 12.6. The number of carbonyl (C=O) groups excluding carboxylic acids is 4. The van der Waals surface area contributed by atoms with Gasteiger partial charge in [0, 0.05) is 21.9 Å². The van der Waals surface area contributed by atoms with Gasteiger partial charge < -0.3 is 0 Å². The van der Waals surface area contributed by atoms with Crippen molar-refractivity contribution in [3.05, 3.63) is 112 Å². The van der Waals surface area contributed by atoms with Crippen LogP contribution in [0.15, 0.2) is 96.6 Å². The number of amides is 4. The quantitative estimate of drug-likeness (QED) is 0.267. The Kier molecular flexibility index (Phi) is 5.66. The highest BCUT2D eigenvalue weighted by Crippen LogP contribution is 2.63. The molecule has 6 aliphatic rings. The van der Waals surface area contributed by atoms with Gasteiger partial charge in [-0.2, -0.15) is 0 Å². The molecule has 2 saturated heterocycles. The first-order chi connectivity index (χ1) is 20.3. The van der Waals surface area contributed by atoms with Crippen molar-refractivity contribution >= 4 is 63.8 Å². The van der Waals surface area contributed by atoms with E-state index >= 15 is 0 Å². The third-order valence-corrected chi connectivity index (χ3v) is 10.2. The summed E-state index contributed by atoms with van der Waals surface area (Å²) >= 11 is 12.5. The second-order valence-electron chi connectivity index (χ2n) is 11.7. The van der Waals surface area contributed by atoms with Gasteiger partial charge in [-0.25, -0.2) is 9.80 Å². The van der Waals surface area contributed by atoms with E-state index in [1.807, 2.05) is 42.5 Å². The number of nitrogens with zero attached hydrogens (tertiary/aromatic N) is 2. The maximum atomic E-state index is 14.2. The van der Waals surface area contributed by atoms with Gasteiger partial charge in [-0.15, -0.1) is 0 Å². The normalized spacial score (nSPS) is 31.1. The van der Waals surface area contributed by atoms with Crippen LogP contribution in [0.1, 0.15) is 12.0 Å². The van der Waals surface area contributed by atoms with E-state index in [4.69, 9.17) is 23.2 Å². The molecule has 6 nitrogen and oxygen atoms in total. The van der Waals surface area contributed by atoms with Crippen LogP contribution in [0.2, 0.25) is 10.0 Å². The van der Waals surface area contributed by atoms with Crippen LogP contribution in [0.25, 0.3) is 5.57 Å². The van der Waals surface area contributed by atoms with Crippen molar-refractivity contribution in [2.24, 2.45) is 41.4 Å². The molecular formula is C34H24Cl2N2O4. The molecule has 2 bridgehead atoms. The van der Waals surface area contributed by atoms with Crippen LogP contribution in [0.5, 0.6) is 0 Å². The lowest BCUT2D eigenvalue weighted by molar-refractivity contribution is -0.129. The molecule has 4 aliphatic carbocycles. The Morgan fingerprint density at radius 1 is 0.595 bits per heavy atom. The van der Waals surface area contributed by atoms with Gasteiger partial charge >= 0.3 is 0 Å². The van der Waals surface area contributed by atoms with Crippen LogP contribution in [0.3, 0.4) is 0 Å². The lowest BCUT2D eigenvalue weighted by Gasteiger charge is -2.51. The fourth-order valence-corrected chi connectivity index (χ4v) is 8.62. The standard InChI is InChI=1S/C34H24Cl2N2O4/c35-18-8-4-10-20(14-18)37-31(39)25-16-24(17-6-2-1-3-7-17)26-22-12-13-23(27(26)30(25)34(37)42)29-28(22)32(40)38(33(29)41)21-11-5-9-19(36)15-21/h1-15,22-23,25,27-30H,16H2/t22-,23+,25-,27-,28+,29-,30+/m0/s1. The molecule has 3 aromatic rings. The zero-order valence-electron chi connectivity index (χ0n) is 22.2. The van der Waals surface area contributed by atoms with E-state index in [0.717, 1.165) is 16.7 Å². The number of allylic oxidation sites excluding steroid dienone is 4. The minimum Gasteiger partial charge on any atom is -0.274 e. The summed E-state index contributed by atoms with van der Waals surface area (Å²) in [5, 5.41) is 0.872. The van der Waals surface area contributed by atoms with Crippen LogP contribution in [0.4, 0.5) is 11.4 Å². The van der Waals surface area contributed by atoms with Crippen LogP contribution in [0, 0.1) is 41.4 Å². The maximum Gasteiger partial charge on any atom is 0.238 e. The second kappa shape index (κ2) is 9.25. The van der Waals surface area contributed by atoms with E-state index in [1.165, 1.54) is 9.80 Å². The summed E-state index contributed by atoms with van der Waals surface area (Å²) < 4.78 is 0. The highest BCUT2D eigenvalue weighted by molar-refractivity contribution is 6.32. The molecule has 4 amide bonds. The van der Waals surface area contributed by atoms with E-state index in [2.05, 4.69) is 0 Å². The number of hydrogen-bond acceptors (Lipinski definition) is 4. The average Bonchev–Trinajstić information content (AvgIpc) is 3.42. The smallest absolute Gasteiger partial charge is 0.238 e. The molecule has 0 unspecified atom stereocenters. The van der Waals surface area contributed by atoms with Crippen molar-refractivity contribution < 1.29 is 19.2 Å². The summed E-state index contributed by atoms with van der Waals surface area (Å²) in [5.74, 6) is -4.63. The highest BCUT2D eigenvalue weighted by atomic mass is 35.5. The SMILES string of the molecule is O=C1[C@H]2[C@@H]3C=C[C@@H](C4=C(c5ccccc5)C[C@@H]5C(=O)N(c6cccc(Cl)c6)C(=O)[C@H]5[C@H]43)[C@H]2C(=O)N1c1cccc(Cl)c1. The molecule has 3 aromatic carbocycles. The number of anilines is 2. The molecule has 0 N–H and O–H groups in total. The maximum absolute atomic E-state index is 14.2. The zero-order chi connectivity index (χ0) is 28.9. The number of hydrogen-bond donors (Lipinski definition) is 0. The summed E-state index contributed by atoms with van der Waals surface area (Å²) in [6.07, 6.45) is 4.44. The fraction of sp³-hybridized carbons (Fsp3) is 0.235. The molecule has 3 fully saturated rings. The lowest BCUT2D eigenvalue weighted by Crippen LogP contribution is -2.51. The number of carbonyl (C=O) groups is 4. The molecular weight excluding hydrogens is 571 g/mol. The third-order valence-electron chi connectivity index (χ3n) is 9.76. The Hall–Kier alpha value is -4.00. The van der Waals surface area contributed by atoms with E-state index in [9.17, 15) is 19.2 Å². The first kappa shape index (κ1) is 25.7. The molecule has 0 aromatic heterocycles. The number of rotatable bonds is 3. The summed E-state index contributed by atoms with van der Waals surface area (Å²) in [7, 11) is 0. The van der Waals surface area contributed by atoms with Crippen LogP contribution >= 0.6 is 23.2 Å². The fourth-order valence-electron chi connectivity index (χ4n) is 8.26. The molecule has 42 heavy (non-hydrogen) atoms. The highest BCUT2D eigenvalue weighted by Gasteiger charge is 2.67. The minimum atomic E-state index is -0.638. The topological polar surface area (TPSA) is 74.8 Å². The Bertz CT molecular complexity index is 1780. The molecule has 9 rings (SSSR count). The average molecular weight is 595 g/mol. The van der Waals surface area contributed by atoms with Crippen LogP contribution in [-0.4, -0.2) is 23.6 Å². The van der Waals surface area contributed by atoms with E-state index < -0.39 is 29.6 Å². The molecule has 2 aliphatic heterocycles. The molecule has 1 saturated carbocycles. The van der Waals surface area contributed by atoms with Crippen molar-refractivity contribution in [2.45, 2.75) is 6.42 Å². The summed E-state index contributed by atoms with van der Waals surface area (Å²) in [6.45, 7) is 0. The van der Waals surface area contributed by atoms with E-state index in [1.54, 1.807) is 48.5 Å². The van der Waals surface area contributed by atoms with Crippen LogP contribution in [-0.2, 0) is 19.2 Å². The van der Waals surface area contributed by atoms with Gasteiger partial charge in [-0.05, 0) is 59.9 Å². The third kappa shape index (κ3) is 3.45. The van der Waals surface area contributed by atoms with Crippen molar-refractivity contribution in [3.63, 3.8) is 0 Å². The van der Waals surface area contributed by atoms with E-state index in [-0.39, 0.29) is 35.5 Å². The predicted molar refractivity (Wildman–Crippen MR) is 159 cm³/mol. The summed E-state index contributed by atoms with van der Waals surface area (Å²) in [6, 6.07) is 23.4. The van der Waals surface area contributed by atoms with Gasteiger partial charge in [0.2, 0.25) is 23.6 Å². The van der Waals surface area contributed by atoms with Crippen molar-refractivity contribution in [1.82, 2.24) is 0 Å².